The maximum atomic E-state index is 13.1. The van der Waals surface area contributed by atoms with E-state index < -0.39 is 0 Å². The molecule has 7 heteroatoms. The van der Waals surface area contributed by atoms with Crippen LogP contribution in [0, 0.1) is 19.8 Å². The van der Waals surface area contributed by atoms with Gasteiger partial charge in [-0.2, -0.15) is 0 Å². The molecule has 3 aromatic rings. The van der Waals surface area contributed by atoms with E-state index in [1.807, 2.05) is 56.3 Å². The standard InChI is InChI=1S/C27H31N3O3S/c1-18-19(2)33-27(29-18)21-11-8-12-22(15-21)30-26(32)23-13-6-7-14-24(23)34-17-25(31)28-16-20-9-4-3-5-10-20/h6-8,11-15,20H,3-5,9-10,16-17H2,1-2H3,(H,28,31)(H,30,32). The minimum Gasteiger partial charge on any atom is -0.441 e. The van der Waals surface area contributed by atoms with E-state index in [2.05, 4.69) is 15.6 Å². The molecule has 1 aliphatic carbocycles. The molecule has 1 heterocycles. The summed E-state index contributed by atoms with van der Waals surface area (Å²) in [6, 6.07) is 14.8. The van der Waals surface area contributed by atoms with Crippen molar-refractivity contribution in [3.8, 4) is 11.5 Å². The monoisotopic (exact) mass is 477 g/mol. The number of carbonyl (C=O) groups excluding carboxylic acids is 2. The first-order chi connectivity index (χ1) is 16.5. The first-order valence-electron chi connectivity index (χ1n) is 11.8. The van der Waals surface area contributed by atoms with Crippen LogP contribution in [0.5, 0.6) is 0 Å². The number of anilines is 1. The Morgan fingerprint density at radius 2 is 1.85 bits per heavy atom. The predicted octanol–water partition coefficient (Wildman–Crippen LogP) is 6.00. The molecule has 4 rings (SSSR count). The fraction of sp³-hybridized carbons (Fsp3) is 0.370. The summed E-state index contributed by atoms with van der Waals surface area (Å²) in [7, 11) is 0. The van der Waals surface area contributed by atoms with Crippen molar-refractivity contribution < 1.29 is 14.0 Å². The maximum absolute atomic E-state index is 13.1. The summed E-state index contributed by atoms with van der Waals surface area (Å²) in [5.74, 6) is 1.98. The third-order valence-corrected chi connectivity index (χ3v) is 7.27. The molecule has 1 saturated carbocycles. The number of hydrogen-bond acceptors (Lipinski definition) is 5. The second-order valence-corrected chi connectivity index (χ2v) is 9.81. The number of amides is 2. The topological polar surface area (TPSA) is 84.2 Å². The van der Waals surface area contributed by atoms with Crippen LogP contribution in [0.25, 0.3) is 11.5 Å². The molecule has 2 amide bonds. The van der Waals surface area contributed by atoms with Gasteiger partial charge in [-0.15, -0.1) is 11.8 Å². The van der Waals surface area contributed by atoms with Crippen molar-refractivity contribution in [3.05, 3.63) is 65.5 Å². The summed E-state index contributed by atoms with van der Waals surface area (Å²) in [4.78, 5) is 30.7. The maximum Gasteiger partial charge on any atom is 0.256 e. The van der Waals surface area contributed by atoms with Crippen molar-refractivity contribution in [2.45, 2.75) is 50.8 Å². The smallest absolute Gasteiger partial charge is 0.256 e. The minimum atomic E-state index is -0.220. The normalized spacial score (nSPS) is 14.1. The van der Waals surface area contributed by atoms with Crippen molar-refractivity contribution in [2.75, 3.05) is 17.6 Å². The Bertz CT molecular complexity index is 1130. The van der Waals surface area contributed by atoms with Gasteiger partial charge in [0.25, 0.3) is 5.91 Å². The van der Waals surface area contributed by atoms with E-state index in [0.29, 0.717) is 23.1 Å². The molecule has 0 atom stereocenters. The molecule has 0 bridgehead atoms. The molecule has 178 valence electrons. The van der Waals surface area contributed by atoms with E-state index in [1.54, 1.807) is 6.07 Å². The molecule has 1 aromatic heterocycles. The van der Waals surface area contributed by atoms with Gasteiger partial charge >= 0.3 is 0 Å². The minimum absolute atomic E-state index is 0.00928. The highest BCUT2D eigenvalue weighted by molar-refractivity contribution is 8.00. The quantitative estimate of drug-likeness (QED) is 0.389. The Hall–Kier alpha value is -3.06. The van der Waals surface area contributed by atoms with Crippen molar-refractivity contribution in [1.29, 1.82) is 0 Å². The van der Waals surface area contributed by atoms with Crippen LogP contribution in [-0.2, 0) is 4.79 Å². The molecule has 1 fully saturated rings. The molecule has 34 heavy (non-hydrogen) atoms. The van der Waals surface area contributed by atoms with Gasteiger partial charge in [0.2, 0.25) is 11.8 Å². The van der Waals surface area contributed by atoms with Crippen molar-refractivity contribution >= 4 is 29.3 Å². The Morgan fingerprint density at radius 1 is 1.06 bits per heavy atom. The molecule has 2 N–H and O–H groups in total. The van der Waals surface area contributed by atoms with E-state index in [0.717, 1.165) is 28.5 Å². The number of hydrogen-bond donors (Lipinski definition) is 2. The van der Waals surface area contributed by atoms with Gasteiger partial charge in [-0.05, 0) is 62.9 Å². The van der Waals surface area contributed by atoms with Gasteiger partial charge in [0.15, 0.2) is 0 Å². The molecular weight excluding hydrogens is 446 g/mol. The molecule has 0 aliphatic heterocycles. The number of benzene rings is 2. The van der Waals surface area contributed by atoms with E-state index in [-0.39, 0.29) is 17.6 Å². The lowest BCUT2D eigenvalue weighted by Gasteiger charge is -2.21. The van der Waals surface area contributed by atoms with Crippen LogP contribution in [-0.4, -0.2) is 29.1 Å². The van der Waals surface area contributed by atoms with Gasteiger partial charge in [0.05, 0.1) is 17.0 Å². The molecule has 0 radical (unpaired) electrons. The first-order valence-corrected chi connectivity index (χ1v) is 12.8. The Balaban J connectivity index is 1.37. The molecule has 6 nitrogen and oxygen atoms in total. The lowest BCUT2D eigenvalue weighted by Crippen LogP contribution is -2.31. The molecule has 0 unspecified atom stereocenters. The van der Waals surface area contributed by atoms with Crippen LogP contribution in [0.2, 0.25) is 0 Å². The largest absolute Gasteiger partial charge is 0.441 e. The number of nitrogens with one attached hydrogen (secondary N) is 2. The Kier molecular flexibility index (Phi) is 8.06. The number of aryl methyl sites for hydroxylation is 2. The molecule has 0 spiro atoms. The van der Waals surface area contributed by atoms with Crippen LogP contribution in [0.15, 0.2) is 57.8 Å². The number of nitrogens with zero attached hydrogens (tertiary/aromatic N) is 1. The fourth-order valence-electron chi connectivity index (χ4n) is 4.15. The summed E-state index contributed by atoms with van der Waals surface area (Å²) < 4.78 is 5.71. The van der Waals surface area contributed by atoms with Crippen LogP contribution < -0.4 is 10.6 Å². The third kappa shape index (κ3) is 6.29. The molecule has 1 aliphatic rings. The second kappa shape index (κ2) is 11.4. The van der Waals surface area contributed by atoms with E-state index in [9.17, 15) is 9.59 Å². The summed E-state index contributed by atoms with van der Waals surface area (Å²) in [5.41, 5.74) is 2.84. The number of aromatic nitrogens is 1. The van der Waals surface area contributed by atoms with Gasteiger partial charge in [-0.3, -0.25) is 9.59 Å². The van der Waals surface area contributed by atoms with Gasteiger partial charge in [-0.25, -0.2) is 4.98 Å². The van der Waals surface area contributed by atoms with E-state index >= 15 is 0 Å². The number of carbonyl (C=O) groups is 2. The van der Waals surface area contributed by atoms with Crippen LogP contribution in [0.1, 0.15) is 53.9 Å². The average molecular weight is 478 g/mol. The highest BCUT2D eigenvalue weighted by atomic mass is 32.2. The Labute approximate surface area is 204 Å². The lowest BCUT2D eigenvalue weighted by molar-refractivity contribution is -0.118. The predicted molar refractivity (Wildman–Crippen MR) is 136 cm³/mol. The third-order valence-electron chi connectivity index (χ3n) is 6.20. The van der Waals surface area contributed by atoms with Gasteiger partial charge in [-0.1, -0.05) is 37.5 Å². The van der Waals surface area contributed by atoms with Crippen molar-refractivity contribution in [2.24, 2.45) is 5.92 Å². The van der Waals surface area contributed by atoms with Gasteiger partial charge in [0.1, 0.15) is 5.76 Å². The lowest BCUT2D eigenvalue weighted by atomic mass is 9.89. The number of oxazole rings is 1. The Morgan fingerprint density at radius 3 is 2.62 bits per heavy atom. The number of rotatable bonds is 8. The van der Waals surface area contributed by atoms with Crippen molar-refractivity contribution in [3.63, 3.8) is 0 Å². The van der Waals surface area contributed by atoms with Crippen molar-refractivity contribution in [1.82, 2.24) is 10.3 Å². The highest BCUT2D eigenvalue weighted by Gasteiger charge is 2.16. The van der Waals surface area contributed by atoms with Crippen LogP contribution in [0.3, 0.4) is 0 Å². The van der Waals surface area contributed by atoms with E-state index in [4.69, 9.17) is 4.42 Å². The van der Waals surface area contributed by atoms with Crippen LogP contribution >= 0.6 is 11.8 Å². The van der Waals surface area contributed by atoms with Crippen LogP contribution in [0.4, 0.5) is 5.69 Å². The zero-order valence-corrected chi connectivity index (χ0v) is 20.5. The first kappa shape index (κ1) is 24.1. The SMILES string of the molecule is Cc1nc(-c2cccc(NC(=O)c3ccccc3SCC(=O)NCC3CCCCC3)c2)oc1C. The summed E-state index contributed by atoms with van der Waals surface area (Å²) in [6.07, 6.45) is 6.23. The summed E-state index contributed by atoms with van der Waals surface area (Å²) in [5, 5.41) is 6.03. The average Bonchev–Trinajstić information content (AvgIpc) is 3.20. The molecule has 0 saturated heterocycles. The fourth-order valence-corrected chi connectivity index (χ4v) is 5.03. The summed E-state index contributed by atoms with van der Waals surface area (Å²) in [6.45, 7) is 4.53. The molecular formula is C27H31N3O3S. The van der Waals surface area contributed by atoms with Gasteiger partial charge in [0, 0.05) is 22.7 Å². The number of thioether (sulfide) groups is 1. The summed E-state index contributed by atoms with van der Waals surface area (Å²) >= 11 is 1.39. The zero-order chi connectivity index (χ0) is 23.9. The highest BCUT2D eigenvalue weighted by Crippen LogP contribution is 2.27. The zero-order valence-electron chi connectivity index (χ0n) is 19.7. The second-order valence-electron chi connectivity index (χ2n) is 8.79. The molecule has 2 aromatic carbocycles. The van der Waals surface area contributed by atoms with E-state index in [1.165, 1.54) is 43.9 Å². The van der Waals surface area contributed by atoms with Gasteiger partial charge < -0.3 is 15.1 Å².